The Morgan fingerprint density at radius 2 is 1.80 bits per heavy atom. The van der Waals surface area contributed by atoms with Crippen molar-refractivity contribution in [3.63, 3.8) is 0 Å². The monoisotopic (exact) mass is 276 g/mol. The molecule has 0 amide bonds. The van der Waals surface area contributed by atoms with E-state index in [9.17, 15) is 9.59 Å². The normalized spacial score (nSPS) is 10.7. The Morgan fingerprint density at radius 3 is 2.35 bits per heavy atom. The van der Waals surface area contributed by atoms with Crippen molar-refractivity contribution >= 4 is 11.8 Å². The molecule has 0 saturated heterocycles. The number of carbonyl (C=O) groups is 2. The van der Waals surface area contributed by atoms with Crippen molar-refractivity contribution in [2.75, 3.05) is 13.7 Å². The number of carbonyl (C=O) groups excluding carboxylic acids is 2. The van der Waals surface area contributed by atoms with Gasteiger partial charge in [-0.05, 0) is 56.5 Å². The molecule has 0 aromatic heterocycles. The Hall–Kier alpha value is -2.10. The Morgan fingerprint density at radius 1 is 1.15 bits per heavy atom. The smallest absolute Gasteiger partial charge is 0.330 e. The molecule has 0 saturated carbocycles. The highest BCUT2D eigenvalue weighted by Crippen LogP contribution is 2.28. The van der Waals surface area contributed by atoms with Crippen molar-refractivity contribution in [2.24, 2.45) is 0 Å². The maximum atomic E-state index is 12.2. The van der Waals surface area contributed by atoms with E-state index in [0.717, 1.165) is 28.5 Å². The molecule has 0 fully saturated rings. The number of benzene rings is 1. The minimum absolute atomic E-state index is 0.212. The fraction of sp³-hybridized carbons (Fsp3) is 0.375. The van der Waals surface area contributed by atoms with E-state index in [2.05, 4.69) is 4.74 Å². The first kappa shape index (κ1) is 16.0. The molecule has 0 heterocycles. The SMILES string of the molecule is CCOc1cc(C)c(C(=O)/C=C/C(=O)OC)c(C)c1C. The summed E-state index contributed by atoms with van der Waals surface area (Å²) >= 11 is 0. The van der Waals surface area contributed by atoms with E-state index < -0.39 is 5.97 Å². The highest BCUT2D eigenvalue weighted by Gasteiger charge is 2.15. The summed E-state index contributed by atoms with van der Waals surface area (Å²) in [5, 5.41) is 0. The maximum absolute atomic E-state index is 12.2. The summed E-state index contributed by atoms with van der Waals surface area (Å²) in [6.07, 6.45) is 2.37. The molecule has 0 aliphatic carbocycles. The number of methoxy groups -OCH3 is 1. The number of ketones is 1. The standard InChI is InChI=1S/C16H20O4/c1-6-20-14-9-10(2)16(12(4)11(14)3)13(17)7-8-15(18)19-5/h7-9H,6H2,1-5H3/b8-7+. The maximum Gasteiger partial charge on any atom is 0.330 e. The third-order valence-corrected chi connectivity index (χ3v) is 3.17. The zero-order chi connectivity index (χ0) is 15.3. The number of aryl methyl sites for hydroxylation is 1. The number of rotatable bonds is 5. The molecule has 108 valence electrons. The van der Waals surface area contributed by atoms with Gasteiger partial charge in [-0.1, -0.05) is 0 Å². The van der Waals surface area contributed by atoms with Gasteiger partial charge in [0.2, 0.25) is 0 Å². The van der Waals surface area contributed by atoms with Crippen LogP contribution in [-0.4, -0.2) is 25.5 Å². The van der Waals surface area contributed by atoms with Crippen molar-refractivity contribution in [3.05, 3.63) is 40.5 Å². The lowest BCUT2D eigenvalue weighted by Crippen LogP contribution is -2.07. The van der Waals surface area contributed by atoms with Crippen molar-refractivity contribution in [2.45, 2.75) is 27.7 Å². The molecule has 0 bridgehead atoms. The molecule has 0 aliphatic heterocycles. The molecule has 4 nitrogen and oxygen atoms in total. The fourth-order valence-corrected chi connectivity index (χ4v) is 2.02. The third kappa shape index (κ3) is 3.47. The molecule has 1 aromatic carbocycles. The van der Waals surface area contributed by atoms with Crippen LogP contribution >= 0.6 is 0 Å². The second-order valence-corrected chi connectivity index (χ2v) is 4.47. The van der Waals surface area contributed by atoms with E-state index in [-0.39, 0.29) is 5.78 Å². The summed E-state index contributed by atoms with van der Waals surface area (Å²) in [4.78, 5) is 23.2. The number of hydrogen-bond acceptors (Lipinski definition) is 4. The Bertz CT molecular complexity index is 556. The molecule has 0 N–H and O–H groups in total. The van der Waals surface area contributed by atoms with Gasteiger partial charge in [-0.2, -0.15) is 0 Å². The molecular formula is C16H20O4. The highest BCUT2D eigenvalue weighted by molar-refractivity contribution is 6.09. The highest BCUT2D eigenvalue weighted by atomic mass is 16.5. The zero-order valence-electron chi connectivity index (χ0n) is 12.6. The third-order valence-electron chi connectivity index (χ3n) is 3.17. The van der Waals surface area contributed by atoms with Gasteiger partial charge in [0.05, 0.1) is 13.7 Å². The quantitative estimate of drug-likeness (QED) is 0.471. The van der Waals surface area contributed by atoms with Crippen molar-refractivity contribution < 1.29 is 19.1 Å². The summed E-state index contributed by atoms with van der Waals surface area (Å²) < 4.78 is 10.0. The van der Waals surface area contributed by atoms with Crippen molar-refractivity contribution in [1.82, 2.24) is 0 Å². The van der Waals surface area contributed by atoms with Crippen LogP contribution in [-0.2, 0) is 9.53 Å². The average molecular weight is 276 g/mol. The molecule has 1 aromatic rings. The van der Waals surface area contributed by atoms with Crippen molar-refractivity contribution in [1.29, 1.82) is 0 Å². The largest absolute Gasteiger partial charge is 0.494 e. The molecule has 4 heteroatoms. The van der Waals surface area contributed by atoms with Gasteiger partial charge in [-0.15, -0.1) is 0 Å². The van der Waals surface area contributed by atoms with Crippen LogP contribution in [0.5, 0.6) is 5.75 Å². The molecule has 0 radical (unpaired) electrons. The first-order chi connectivity index (χ1) is 9.42. The molecule has 0 atom stereocenters. The molecule has 0 spiro atoms. The number of allylic oxidation sites excluding steroid dienone is 1. The lowest BCUT2D eigenvalue weighted by molar-refractivity contribution is -0.134. The number of esters is 1. The first-order valence-electron chi connectivity index (χ1n) is 6.46. The molecule has 0 unspecified atom stereocenters. The van der Waals surface area contributed by atoms with Crippen LogP contribution in [0.4, 0.5) is 0 Å². The van der Waals surface area contributed by atoms with Gasteiger partial charge in [0.1, 0.15) is 5.75 Å². The van der Waals surface area contributed by atoms with Gasteiger partial charge in [0, 0.05) is 11.6 Å². The van der Waals surface area contributed by atoms with E-state index in [1.807, 2.05) is 33.8 Å². The van der Waals surface area contributed by atoms with Crippen LogP contribution in [0.25, 0.3) is 0 Å². The first-order valence-corrected chi connectivity index (χ1v) is 6.46. The molecule has 0 aliphatic rings. The van der Waals surface area contributed by atoms with E-state index in [4.69, 9.17) is 4.74 Å². The van der Waals surface area contributed by atoms with E-state index in [0.29, 0.717) is 12.2 Å². The van der Waals surface area contributed by atoms with Crippen LogP contribution in [0.3, 0.4) is 0 Å². The van der Waals surface area contributed by atoms with Crippen molar-refractivity contribution in [3.8, 4) is 5.75 Å². The minimum atomic E-state index is -0.545. The van der Waals surface area contributed by atoms with Gasteiger partial charge in [0.25, 0.3) is 0 Å². The summed E-state index contributed by atoms with van der Waals surface area (Å²) in [5.74, 6) is 0.0314. The molecule has 20 heavy (non-hydrogen) atoms. The van der Waals surface area contributed by atoms with Crippen LogP contribution in [0.15, 0.2) is 18.2 Å². The second kappa shape index (κ2) is 6.89. The van der Waals surface area contributed by atoms with E-state index in [1.165, 1.54) is 13.2 Å². The zero-order valence-corrected chi connectivity index (χ0v) is 12.6. The lowest BCUT2D eigenvalue weighted by Gasteiger charge is -2.15. The number of hydrogen-bond donors (Lipinski definition) is 0. The van der Waals surface area contributed by atoms with Gasteiger partial charge in [0.15, 0.2) is 5.78 Å². The molecular weight excluding hydrogens is 256 g/mol. The predicted octanol–water partition coefficient (Wildman–Crippen LogP) is 2.92. The Kier molecular flexibility index (Phi) is 5.50. The lowest BCUT2D eigenvalue weighted by atomic mass is 9.94. The van der Waals surface area contributed by atoms with E-state index >= 15 is 0 Å². The Balaban J connectivity index is 3.19. The minimum Gasteiger partial charge on any atom is -0.494 e. The Labute approximate surface area is 119 Å². The predicted molar refractivity (Wildman–Crippen MR) is 77.3 cm³/mol. The van der Waals surface area contributed by atoms with Gasteiger partial charge in [-0.25, -0.2) is 4.79 Å². The summed E-state index contributed by atoms with van der Waals surface area (Å²) in [6, 6.07) is 1.85. The van der Waals surface area contributed by atoms with Crippen LogP contribution in [0.2, 0.25) is 0 Å². The fourth-order valence-electron chi connectivity index (χ4n) is 2.02. The average Bonchev–Trinajstić information content (AvgIpc) is 2.42. The van der Waals surface area contributed by atoms with Crippen LogP contribution in [0, 0.1) is 20.8 Å². The van der Waals surface area contributed by atoms with Gasteiger partial charge < -0.3 is 9.47 Å². The van der Waals surface area contributed by atoms with E-state index in [1.54, 1.807) is 0 Å². The molecule has 1 rings (SSSR count). The van der Waals surface area contributed by atoms with Crippen LogP contribution < -0.4 is 4.74 Å². The van der Waals surface area contributed by atoms with Crippen LogP contribution in [0.1, 0.15) is 34.0 Å². The summed E-state index contributed by atoms with van der Waals surface area (Å²) in [5.41, 5.74) is 3.24. The summed E-state index contributed by atoms with van der Waals surface area (Å²) in [6.45, 7) is 8.15. The topological polar surface area (TPSA) is 52.6 Å². The number of ether oxygens (including phenoxy) is 2. The van der Waals surface area contributed by atoms with Gasteiger partial charge >= 0.3 is 5.97 Å². The van der Waals surface area contributed by atoms with Gasteiger partial charge in [-0.3, -0.25) is 4.79 Å². The second-order valence-electron chi connectivity index (χ2n) is 4.47. The summed E-state index contributed by atoms with van der Waals surface area (Å²) in [7, 11) is 1.27.